The lowest BCUT2D eigenvalue weighted by molar-refractivity contribution is -0.111. The van der Waals surface area contributed by atoms with Crippen molar-refractivity contribution in [2.45, 2.75) is 13.8 Å². The monoisotopic (exact) mass is 294 g/mol. The Balaban J connectivity index is 1.96. The second-order valence-electron chi connectivity index (χ2n) is 4.95. The topological polar surface area (TPSA) is 32.3 Å². The molecule has 0 aliphatic carbocycles. The Labute approximate surface area is 132 Å². The molecule has 2 aromatic rings. The van der Waals surface area contributed by atoms with Crippen LogP contribution in [0.5, 0.6) is 0 Å². The van der Waals surface area contributed by atoms with Gasteiger partial charge in [0.25, 0.3) is 0 Å². The van der Waals surface area contributed by atoms with E-state index in [0.717, 1.165) is 24.3 Å². The smallest absolute Gasteiger partial charge is 0.248 e. The molecule has 1 amide bonds. The standard InChI is InChI=1S/C19H22N2O/c1-3-21(4-2)18-13-11-17(12-14-18)20-19(22)15-10-16-8-6-5-7-9-16/h5-15H,3-4H2,1-2H3,(H,20,22)/b15-10-. The summed E-state index contributed by atoms with van der Waals surface area (Å²) in [5, 5.41) is 2.87. The Bertz CT molecular complexity index is 614. The first kappa shape index (κ1) is 15.8. The minimum atomic E-state index is -0.126. The van der Waals surface area contributed by atoms with Crippen molar-refractivity contribution in [3.05, 3.63) is 66.2 Å². The molecule has 0 bridgehead atoms. The van der Waals surface area contributed by atoms with Gasteiger partial charge in [0.2, 0.25) is 5.91 Å². The number of rotatable bonds is 6. The number of hydrogen-bond donors (Lipinski definition) is 1. The molecule has 0 spiro atoms. The molecule has 0 aliphatic rings. The molecule has 0 radical (unpaired) electrons. The van der Waals surface area contributed by atoms with Crippen molar-refractivity contribution < 1.29 is 4.79 Å². The fourth-order valence-electron chi connectivity index (χ4n) is 2.26. The highest BCUT2D eigenvalue weighted by molar-refractivity contribution is 6.01. The molecule has 0 fully saturated rings. The largest absolute Gasteiger partial charge is 0.372 e. The summed E-state index contributed by atoms with van der Waals surface area (Å²) < 4.78 is 0. The number of hydrogen-bond acceptors (Lipinski definition) is 2. The van der Waals surface area contributed by atoms with Crippen LogP contribution in [-0.2, 0) is 4.79 Å². The predicted octanol–water partition coefficient (Wildman–Crippen LogP) is 4.18. The summed E-state index contributed by atoms with van der Waals surface area (Å²) in [4.78, 5) is 14.2. The van der Waals surface area contributed by atoms with Gasteiger partial charge in [0.15, 0.2) is 0 Å². The van der Waals surface area contributed by atoms with Gasteiger partial charge < -0.3 is 10.2 Å². The molecule has 0 atom stereocenters. The Morgan fingerprint density at radius 1 is 1.00 bits per heavy atom. The van der Waals surface area contributed by atoms with Crippen LogP contribution in [0.4, 0.5) is 11.4 Å². The van der Waals surface area contributed by atoms with E-state index in [9.17, 15) is 4.79 Å². The van der Waals surface area contributed by atoms with Gasteiger partial charge in [0.05, 0.1) is 0 Å². The Kier molecular flexibility index (Phi) is 5.78. The lowest BCUT2D eigenvalue weighted by Crippen LogP contribution is -2.21. The van der Waals surface area contributed by atoms with Gasteiger partial charge in [-0.3, -0.25) is 4.79 Å². The van der Waals surface area contributed by atoms with Crippen molar-refractivity contribution >= 4 is 23.4 Å². The summed E-state index contributed by atoms with van der Waals surface area (Å²) >= 11 is 0. The number of anilines is 2. The second kappa shape index (κ2) is 8.03. The van der Waals surface area contributed by atoms with E-state index < -0.39 is 0 Å². The summed E-state index contributed by atoms with van der Waals surface area (Å²) in [7, 11) is 0. The maximum Gasteiger partial charge on any atom is 0.248 e. The normalized spacial score (nSPS) is 10.6. The zero-order valence-electron chi connectivity index (χ0n) is 13.1. The first-order valence-electron chi connectivity index (χ1n) is 7.62. The zero-order chi connectivity index (χ0) is 15.8. The van der Waals surface area contributed by atoms with E-state index in [1.165, 1.54) is 5.69 Å². The van der Waals surface area contributed by atoms with Crippen LogP contribution >= 0.6 is 0 Å². The van der Waals surface area contributed by atoms with Gasteiger partial charge in [-0.15, -0.1) is 0 Å². The third-order valence-electron chi connectivity index (χ3n) is 3.49. The van der Waals surface area contributed by atoms with Gasteiger partial charge in [-0.25, -0.2) is 0 Å². The van der Waals surface area contributed by atoms with Gasteiger partial charge in [-0.05, 0) is 49.8 Å². The van der Waals surface area contributed by atoms with Crippen molar-refractivity contribution in [1.82, 2.24) is 0 Å². The fraction of sp³-hybridized carbons (Fsp3) is 0.211. The molecular formula is C19H22N2O. The van der Waals surface area contributed by atoms with Gasteiger partial charge in [-0.2, -0.15) is 0 Å². The van der Waals surface area contributed by atoms with Crippen LogP contribution < -0.4 is 10.2 Å². The van der Waals surface area contributed by atoms with Crippen LogP contribution in [0.1, 0.15) is 19.4 Å². The van der Waals surface area contributed by atoms with Crippen LogP contribution in [0.3, 0.4) is 0 Å². The molecule has 0 heterocycles. The third-order valence-corrected chi connectivity index (χ3v) is 3.49. The molecule has 1 N–H and O–H groups in total. The third kappa shape index (κ3) is 4.48. The molecule has 22 heavy (non-hydrogen) atoms. The van der Waals surface area contributed by atoms with Crippen LogP contribution in [-0.4, -0.2) is 19.0 Å². The van der Waals surface area contributed by atoms with Crippen molar-refractivity contribution in [2.75, 3.05) is 23.3 Å². The highest BCUT2D eigenvalue weighted by Crippen LogP contribution is 2.17. The molecule has 3 nitrogen and oxygen atoms in total. The fourth-order valence-corrected chi connectivity index (χ4v) is 2.26. The van der Waals surface area contributed by atoms with Gasteiger partial charge >= 0.3 is 0 Å². The number of carbonyl (C=O) groups excluding carboxylic acids is 1. The first-order chi connectivity index (χ1) is 10.7. The maximum atomic E-state index is 11.9. The SMILES string of the molecule is CCN(CC)c1ccc(NC(=O)/C=C\c2ccccc2)cc1. The van der Waals surface area contributed by atoms with E-state index in [1.807, 2.05) is 54.6 Å². The number of nitrogens with zero attached hydrogens (tertiary/aromatic N) is 1. The van der Waals surface area contributed by atoms with Crippen LogP contribution in [0.25, 0.3) is 6.08 Å². The number of nitrogens with one attached hydrogen (secondary N) is 1. The lowest BCUT2D eigenvalue weighted by atomic mass is 10.2. The number of carbonyl (C=O) groups is 1. The van der Waals surface area contributed by atoms with Crippen molar-refractivity contribution in [3.63, 3.8) is 0 Å². The van der Waals surface area contributed by atoms with E-state index in [2.05, 4.69) is 24.1 Å². The Hall–Kier alpha value is -2.55. The Morgan fingerprint density at radius 2 is 1.64 bits per heavy atom. The van der Waals surface area contributed by atoms with E-state index >= 15 is 0 Å². The average molecular weight is 294 g/mol. The molecule has 114 valence electrons. The average Bonchev–Trinajstić information content (AvgIpc) is 2.56. The summed E-state index contributed by atoms with van der Waals surface area (Å²) in [6.45, 7) is 6.21. The number of amides is 1. The molecule has 0 aromatic heterocycles. The highest BCUT2D eigenvalue weighted by atomic mass is 16.1. The lowest BCUT2D eigenvalue weighted by Gasteiger charge is -2.21. The minimum Gasteiger partial charge on any atom is -0.372 e. The van der Waals surface area contributed by atoms with Crippen LogP contribution in [0, 0.1) is 0 Å². The van der Waals surface area contributed by atoms with Gasteiger partial charge in [0, 0.05) is 30.5 Å². The molecule has 0 saturated carbocycles. The minimum absolute atomic E-state index is 0.126. The van der Waals surface area contributed by atoms with Crippen molar-refractivity contribution in [3.8, 4) is 0 Å². The summed E-state index contributed by atoms with van der Waals surface area (Å²) in [6.07, 6.45) is 3.35. The molecule has 2 rings (SSSR count). The second-order valence-corrected chi connectivity index (χ2v) is 4.95. The van der Waals surface area contributed by atoms with E-state index in [1.54, 1.807) is 12.2 Å². The number of benzene rings is 2. The molecular weight excluding hydrogens is 272 g/mol. The van der Waals surface area contributed by atoms with Crippen molar-refractivity contribution in [2.24, 2.45) is 0 Å². The molecule has 0 saturated heterocycles. The summed E-state index contributed by atoms with van der Waals surface area (Å²) in [6, 6.07) is 17.7. The highest BCUT2D eigenvalue weighted by Gasteiger charge is 2.02. The van der Waals surface area contributed by atoms with Gasteiger partial charge in [-0.1, -0.05) is 30.3 Å². The van der Waals surface area contributed by atoms with Crippen LogP contribution in [0.2, 0.25) is 0 Å². The summed E-state index contributed by atoms with van der Waals surface area (Å²) in [5.41, 5.74) is 2.98. The first-order valence-corrected chi connectivity index (χ1v) is 7.62. The van der Waals surface area contributed by atoms with Gasteiger partial charge in [0.1, 0.15) is 0 Å². The van der Waals surface area contributed by atoms with Crippen molar-refractivity contribution in [1.29, 1.82) is 0 Å². The predicted molar refractivity (Wildman–Crippen MR) is 94.1 cm³/mol. The maximum absolute atomic E-state index is 11.9. The molecule has 2 aromatic carbocycles. The van der Waals surface area contributed by atoms with E-state index in [-0.39, 0.29) is 5.91 Å². The Morgan fingerprint density at radius 3 is 2.23 bits per heavy atom. The van der Waals surface area contributed by atoms with E-state index in [0.29, 0.717) is 0 Å². The quantitative estimate of drug-likeness (QED) is 0.810. The molecule has 0 unspecified atom stereocenters. The summed E-state index contributed by atoms with van der Waals surface area (Å²) in [5.74, 6) is -0.126. The van der Waals surface area contributed by atoms with Crippen LogP contribution in [0.15, 0.2) is 60.7 Å². The zero-order valence-corrected chi connectivity index (χ0v) is 13.1. The molecule has 0 aliphatic heterocycles. The van der Waals surface area contributed by atoms with E-state index in [4.69, 9.17) is 0 Å². The molecule has 3 heteroatoms.